The Labute approximate surface area is 294 Å². The van der Waals surface area contributed by atoms with Gasteiger partial charge in [0.1, 0.15) is 0 Å². The first-order valence-corrected chi connectivity index (χ1v) is 17.5. The van der Waals surface area contributed by atoms with E-state index in [1.54, 1.807) is 0 Å². The number of hydrogen-bond acceptors (Lipinski definition) is 4. The SMILES string of the molecule is Cc1ccc(-c2cc(C(=O)NCC3(C)CC(NC(=O)c4cc(-c5ccc(C)cc5)nc5ccccc45)CC(C)(C)C3)c3ccccc3n2)cc1. The quantitative estimate of drug-likeness (QED) is 0.179. The first kappa shape index (κ1) is 33.2. The maximum absolute atomic E-state index is 14.1. The number of carbonyl (C=O) groups excluding carboxylic acids is 2. The first-order valence-electron chi connectivity index (χ1n) is 17.5. The highest BCUT2D eigenvalue weighted by atomic mass is 16.2. The predicted molar refractivity (Wildman–Crippen MR) is 203 cm³/mol. The summed E-state index contributed by atoms with van der Waals surface area (Å²) in [5, 5.41) is 8.37. The molecule has 0 aliphatic heterocycles. The van der Waals surface area contributed by atoms with E-state index < -0.39 is 0 Å². The van der Waals surface area contributed by atoms with Crippen molar-refractivity contribution in [1.29, 1.82) is 0 Å². The van der Waals surface area contributed by atoms with Gasteiger partial charge in [-0.2, -0.15) is 0 Å². The van der Waals surface area contributed by atoms with Gasteiger partial charge in [-0.3, -0.25) is 9.59 Å². The summed E-state index contributed by atoms with van der Waals surface area (Å²) in [7, 11) is 0. The van der Waals surface area contributed by atoms with E-state index in [1.807, 2.05) is 72.8 Å². The summed E-state index contributed by atoms with van der Waals surface area (Å²) in [4.78, 5) is 37.9. The molecule has 0 radical (unpaired) electrons. The number of carbonyl (C=O) groups is 2. The lowest BCUT2D eigenvalue weighted by Gasteiger charge is -2.47. The second kappa shape index (κ2) is 13.2. The number of pyridine rings is 2. The van der Waals surface area contributed by atoms with E-state index in [0.717, 1.165) is 63.6 Å². The van der Waals surface area contributed by atoms with Gasteiger partial charge in [-0.1, -0.05) is 117 Å². The Bertz CT molecular complexity index is 2220. The molecule has 1 aliphatic carbocycles. The van der Waals surface area contributed by atoms with Gasteiger partial charge in [0.25, 0.3) is 11.8 Å². The molecule has 0 saturated heterocycles. The maximum Gasteiger partial charge on any atom is 0.252 e. The summed E-state index contributed by atoms with van der Waals surface area (Å²) in [5.41, 5.74) is 8.40. The molecule has 2 N–H and O–H groups in total. The van der Waals surface area contributed by atoms with Gasteiger partial charge >= 0.3 is 0 Å². The number of nitrogens with one attached hydrogen (secondary N) is 2. The molecule has 7 rings (SSSR count). The summed E-state index contributed by atoms with van der Waals surface area (Å²) in [5.74, 6) is -0.216. The fourth-order valence-corrected chi connectivity index (χ4v) is 7.99. The molecule has 6 heteroatoms. The average Bonchev–Trinajstić information content (AvgIpc) is 3.09. The van der Waals surface area contributed by atoms with Crippen LogP contribution in [0.25, 0.3) is 44.3 Å². The second-order valence-electron chi connectivity index (χ2n) is 15.3. The Balaban J connectivity index is 1.12. The van der Waals surface area contributed by atoms with E-state index in [1.165, 1.54) is 11.1 Å². The standard InChI is InChI=1S/C44H44N4O2/c1-28-14-18-30(19-15-28)39-22-35(33-10-6-8-12-37(33)47-39)41(49)45-27-44(5)25-32(24-43(3,4)26-44)46-42(50)36-23-40(31-20-16-29(2)17-21-31)48-38-13-9-7-11-34(36)38/h6-23,32H,24-27H2,1-5H3,(H,45,49)(H,46,50). The summed E-state index contributed by atoms with van der Waals surface area (Å²) in [6.45, 7) is 11.4. The van der Waals surface area contributed by atoms with Gasteiger partial charge in [-0.15, -0.1) is 0 Å². The molecule has 2 amide bonds. The van der Waals surface area contributed by atoms with E-state index in [2.05, 4.69) is 81.7 Å². The molecule has 0 spiro atoms. The monoisotopic (exact) mass is 660 g/mol. The predicted octanol–water partition coefficient (Wildman–Crippen LogP) is 9.48. The summed E-state index contributed by atoms with van der Waals surface area (Å²) in [6.07, 6.45) is 2.53. The fraction of sp³-hybridized carbons (Fsp3) is 0.273. The minimum Gasteiger partial charge on any atom is -0.351 e. The van der Waals surface area contributed by atoms with Crippen LogP contribution < -0.4 is 10.6 Å². The molecule has 1 saturated carbocycles. The van der Waals surface area contributed by atoms with Crippen LogP contribution in [-0.4, -0.2) is 34.4 Å². The smallest absolute Gasteiger partial charge is 0.252 e. The number of rotatable bonds is 7. The van der Waals surface area contributed by atoms with Crippen molar-refractivity contribution in [2.24, 2.45) is 10.8 Å². The van der Waals surface area contributed by atoms with Crippen molar-refractivity contribution in [2.75, 3.05) is 6.54 Å². The minimum atomic E-state index is -0.231. The molecular formula is C44H44N4O2. The molecule has 6 aromatic rings. The van der Waals surface area contributed by atoms with E-state index in [4.69, 9.17) is 9.97 Å². The third-order valence-electron chi connectivity index (χ3n) is 10.1. The normalized spacial score (nSPS) is 18.5. The van der Waals surface area contributed by atoms with E-state index in [0.29, 0.717) is 17.7 Å². The van der Waals surface area contributed by atoms with Crippen molar-refractivity contribution in [2.45, 2.75) is 59.9 Å². The van der Waals surface area contributed by atoms with Crippen molar-refractivity contribution in [3.8, 4) is 22.5 Å². The van der Waals surface area contributed by atoms with Crippen LogP contribution in [0.5, 0.6) is 0 Å². The molecule has 0 bridgehead atoms. The topological polar surface area (TPSA) is 84.0 Å². The summed E-state index contributed by atoms with van der Waals surface area (Å²) < 4.78 is 0. The highest BCUT2D eigenvalue weighted by Crippen LogP contribution is 2.46. The Hall–Kier alpha value is -5.36. The van der Waals surface area contributed by atoms with Crippen molar-refractivity contribution >= 4 is 33.6 Å². The van der Waals surface area contributed by atoms with E-state index in [-0.39, 0.29) is 28.7 Å². The first-order chi connectivity index (χ1) is 24.0. The Kier molecular flexibility index (Phi) is 8.73. The van der Waals surface area contributed by atoms with Crippen LogP contribution in [0.1, 0.15) is 71.9 Å². The minimum absolute atomic E-state index is 0.0367. The lowest BCUT2D eigenvalue weighted by Crippen LogP contribution is -2.50. The molecule has 2 unspecified atom stereocenters. The zero-order valence-electron chi connectivity index (χ0n) is 29.5. The number of aromatic nitrogens is 2. The van der Waals surface area contributed by atoms with E-state index in [9.17, 15) is 9.59 Å². The van der Waals surface area contributed by atoms with Crippen molar-refractivity contribution in [3.05, 3.63) is 131 Å². The van der Waals surface area contributed by atoms with Crippen LogP contribution in [0, 0.1) is 24.7 Å². The van der Waals surface area contributed by atoms with Gasteiger partial charge in [0, 0.05) is 34.5 Å². The average molecular weight is 661 g/mol. The third kappa shape index (κ3) is 7.02. The van der Waals surface area contributed by atoms with E-state index >= 15 is 0 Å². The van der Waals surface area contributed by atoms with Gasteiger partial charge in [-0.25, -0.2) is 9.97 Å². The molecular weight excluding hydrogens is 617 g/mol. The Morgan fingerprint density at radius 3 is 1.66 bits per heavy atom. The molecule has 1 aliphatic rings. The van der Waals surface area contributed by atoms with Crippen LogP contribution in [0.4, 0.5) is 0 Å². The molecule has 2 heterocycles. The van der Waals surface area contributed by atoms with Gasteiger partial charge in [0.2, 0.25) is 0 Å². The Morgan fingerprint density at radius 1 is 0.660 bits per heavy atom. The molecule has 2 atom stereocenters. The highest BCUT2D eigenvalue weighted by Gasteiger charge is 2.42. The van der Waals surface area contributed by atoms with Crippen molar-refractivity contribution in [3.63, 3.8) is 0 Å². The summed E-state index contributed by atoms with van der Waals surface area (Å²) in [6, 6.07) is 35.9. The number of hydrogen-bond donors (Lipinski definition) is 2. The van der Waals surface area contributed by atoms with Crippen molar-refractivity contribution in [1.82, 2.24) is 20.6 Å². The lowest BCUT2D eigenvalue weighted by atomic mass is 9.62. The number of nitrogens with zero attached hydrogens (tertiary/aromatic N) is 2. The number of benzene rings is 4. The number of para-hydroxylation sites is 2. The molecule has 6 nitrogen and oxygen atoms in total. The van der Waals surface area contributed by atoms with Gasteiger partial charge < -0.3 is 10.6 Å². The maximum atomic E-state index is 14.1. The van der Waals surface area contributed by atoms with Crippen LogP contribution >= 0.6 is 0 Å². The summed E-state index contributed by atoms with van der Waals surface area (Å²) >= 11 is 0. The molecule has 252 valence electrons. The number of amides is 2. The van der Waals surface area contributed by atoms with Gasteiger partial charge in [0.05, 0.1) is 33.5 Å². The highest BCUT2D eigenvalue weighted by molar-refractivity contribution is 6.08. The van der Waals surface area contributed by atoms with Gasteiger partial charge in [0.15, 0.2) is 0 Å². The van der Waals surface area contributed by atoms with Crippen LogP contribution in [0.2, 0.25) is 0 Å². The van der Waals surface area contributed by atoms with Crippen molar-refractivity contribution < 1.29 is 9.59 Å². The number of aryl methyl sites for hydroxylation is 2. The zero-order valence-corrected chi connectivity index (χ0v) is 29.5. The third-order valence-corrected chi connectivity index (χ3v) is 10.1. The molecule has 2 aromatic heterocycles. The molecule has 1 fully saturated rings. The van der Waals surface area contributed by atoms with Gasteiger partial charge in [-0.05, 0) is 68.2 Å². The van der Waals surface area contributed by atoms with Crippen LogP contribution in [-0.2, 0) is 0 Å². The molecule has 4 aromatic carbocycles. The second-order valence-corrected chi connectivity index (χ2v) is 15.3. The van der Waals surface area contributed by atoms with Crippen LogP contribution in [0.3, 0.4) is 0 Å². The van der Waals surface area contributed by atoms with Crippen LogP contribution in [0.15, 0.2) is 109 Å². The fourth-order valence-electron chi connectivity index (χ4n) is 7.99. The lowest BCUT2D eigenvalue weighted by molar-refractivity contribution is 0.0593. The largest absolute Gasteiger partial charge is 0.351 e. The number of fused-ring (bicyclic) bond motifs is 2. The Morgan fingerprint density at radius 2 is 1.14 bits per heavy atom. The zero-order chi connectivity index (χ0) is 35.0. The molecule has 50 heavy (non-hydrogen) atoms.